The van der Waals surface area contributed by atoms with E-state index >= 15 is 0 Å². The second-order valence-electron chi connectivity index (χ2n) is 9.57. The first-order valence-corrected chi connectivity index (χ1v) is 13.0. The number of aryl methyl sites for hydroxylation is 2. The Morgan fingerprint density at radius 3 is 1.34 bits per heavy atom. The molecular weight excluding hydrogens is 904 g/mol. The molecule has 2 radical (unpaired) electrons. The Morgan fingerprint density at radius 2 is 1.03 bits per heavy atom. The first kappa shape index (κ1) is 40.3. The van der Waals surface area contributed by atoms with Gasteiger partial charge in [-0.15, -0.1) is 0 Å². The summed E-state index contributed by atoms with van der Waals surface area (Å²) < 4.78 is 0. The fraction of sp³-hybridized carbons (Fsp3) is 0.517. The van der Waals surface area contributed by atoms with Crippen molar-refractivity contribution in [3.05, 3.63) is 83.3 Å². The van der Waals surface area contributed by atoms with Crippen LogP contribution in [0.1, 0.15) is 75.8 Å². The summed E-state index contributed by atoms with van der Waals surface area (Å²) in [7, 11) is 0. The minimum Gasteiger partial charge on any atom is -0.664 e. The molecule has 0 aromatic heterocycles. The van der Waals surface area contributed by atoms with Crippen molar-refractivity contribution in [1.82, 2.24) is 0 Å². The fourth-order valence-corrected chi connectivity index (χ4v) is 4.00. The van der Waals surface area contributed by atoms with E-state index in [4.69, 9.17) is 28.7 Å². The fourth-order valence-electron chi connectivity index (χ4n) is 4.00. The molecule has 38 heavy (non-hydrogen) atoms. The van der Waals surface area contributed by atoms with Gasteiger partial charge in [-0.1, -0.05) is 119 Å². The molecule has 0 aliphatic carbocycles. The molecule has 8 N–H and O–H groups in total. The maximum absolute atomic E-state index is 11.5. The quantitative estimate of drug-likeness (QED) is 0.190. The van der Waals surface area contributed by atoms with Crippen molar-refractivity contribution in [1.29, 1.82) is 0 Å². The van der Waals surface area contributed by atoms with E-state index in [9.17, 15) is 9.59 Å². The summed E-state index contributed by atoms with van der Waals surface area (Å²) in [5.74, 6) is -1.02. The first-order chi connectivity index (χ1) is 17.2. The predicted molar refractivity (Wildman–Crippen MR) is 149 cm³/mol. The smallest absolute Gasteiger partial charge is 0.202 e. The number of hydrogen-bond acceptors (Lipinski definition) is 3. The Kier molecular flexibility index (Phi) is 24.2. The van der Waals surface area contributed by atoms with Gasteiger partial charge in [-0.25, -0.2) is 0 Å². The topological polar surface area (TPSA) is 160 Å². The van der Waals surface area contributed by atoms with E-state index in [1.807, 2.05) is 60.7 Å². The molecule has 2 aromatic carbocycles. The monoisotopic (exact) mass is 949 g/mol. The van der Waals surface area contributed by atoms with Crippen LogP contribution in [0.3, 0.4) is 0 Å². The molecule has 0 spiro atoms. The summed E-state index contributed by atoms with van der Waals surface area (Å²) in [5.41, 5.74) is 32.6. The summed E-state index contributed by atoms with van der Waals surface area (Å²) >= 11 is 0. The number of amides is 2. The third-order valence-electron chi connectivity index (χ3n) is 6.57. The predicted octanol–water partition coefficient (Wildman–Crippen LogP) is 5.50. The van der Waals surface area contributed by atoms with Crippen LogP contribution >= 0.6 is 0 Å². The van der Waals surface area contributed by atoms with Crippen LogP contribution in [0.25, 0.3) is 11.5 Å². The molecule has 7 nitrogen and oxygen atoms in total. The second kappa shape index (κ2) is 22.8. The molecular formula is C29H45Ac2N5O2-2. The average molecular weight is 950 g/mol. The van der Waals surface area contributed by atoms with Crippen molar-refractivity contribution in [3.8, 4) is 0 Å². The number of hydrogen-bond donors (Lipinski definition) is 3. The van der Waals surface area contributed by atoms with Crippen molar-refractivity contribution >= 4 is 11.8 Å². The van der Waals surface area contributed by atoms with E-state index in [2.05, 4.69) is 6.92 Å². The van der Waals surface area contributed by atoms with Crippen LogP contribution in [-0.2, 0) is 22.4 Å². The van der Waals surface area contributed by atoms with Gasteiger partial charge in [0.15, 0.2) is 0 Å². The molecule has 2 unspecified atom stereocenters. The molecule has 0 bridgehead atoms. The zero-order chi connectivity index (χ0) is 26.9. The first-order valence-electron chi connectivity index (χ1n) is 13.0. The standard InChI is InChI=1S/C15H23N2O.C14H22N3O.2Ac/c1-2-3-7-11-15(17,14(16)18)12-10-13-8-5-4-6-9-13;15-11-5-4-9-14(17,13(16)18)10-8-12-6-2-1-3-7-12;;/h4-6,8-9,17H,2-3,7,10-12H2,1H3,(H2,16,18);1-3,6-7,17H,4-5,8-11,15H2,(H2,16,18);;/q2*-1;;. The van der Waals surface area contributed by atoms with E-state index in [1.54, 1.807) is 0 Å². The molecule has 2 amide bonds. The largest absolute Gasteiger partial charge is 0.664 e. The zero-order valence-corrected chi connectivity index (χ0v) is 32.5. The van der Waals surface area contributed by atoms with E-state index < -0.39 is 22.9 Å². The van der Waals surface area contributed by atoms with Crippen LogP contribution in [0.2, 0.25) is 0 Å². The summed E-state index contributed by atoms with van der Waals surface area (Å²) in [6, 6.07) is 19.8. The SMILES string of the molecule is CCCCCC([NH-])(CCc1ccccc1)C(N)=O.[Ac].[Ac].[NH-]C(CCCCN)(CCc1ccccc1)C(N)=O. The third-order valence-corrected chi connectivity index (χ3v) is 6.57. The molecule has 0 fully saturated rings. The van der Waals surface area contributed by atoms with Crippen molar-refractivity contribution in [2.75, 3.05) is 6.54 Å². The summed E-state index contributed by atoms with van der Waals surface area (Å²) in [4.78, 5) is 22.9. The third kappa shape index (κ3) is 16.4. The number of unbranched alkanes of at least 4 members (excludes halogenated alkanes) is 3. The minimum atomic E-state index is -1.16. The van der Waals surface area contributed by atoms with Gasteiger partial charge in [-0.3, -0.25) is 9.59 Å². The number of primary amides is 2. The summed E-state index contributed by atoms with van der Waals surface area (Å²) in [6.07, 6.45) is 8.14. The summed E-state index contributed by atoms with van der Waals surface area (Å²) in [5, 5.41) is 0. The number of rotatable bonds is 16. The number of benzene rings is 2. The second-order valence-corrected chi connectivity index (χ2v) is 9.57. The van der Waals surface area contributed by atoms with Crippen LogP contribution in [-0.4, -0.2) is 29.4 Å². The van der Waals surface area contributed by atoms with Crippen molar-refractivity contribution in [3.63, 3.8) is 0 Å². The van der Waals surface area contributed by atoms with Gasteiger partial charge < -0.3 is 28.7 Å². The van der Waals surface area contributed by atoms with Crippen LogP contribution in [0.5, 0.6) is 0 Å². The van der Waals surface area contributed by atoms with E-state index in [0.29, 0.717) is 38.6 Å². The molecule has 0 aliphatic rings. The van der Waals surface area contributed by atoms with Crippen molar-refractivity contribution in [2.45, 2.75) is 88.6 Å². The molecule has 206 valence electrons. The van der Waals surface area contributed by atoms with Crippen LogP contribution in [0, 0.1) is 88.1 Å². The Balaban J connectivity index is 0. The molecule has 0 heterocycles. The molecule has 2 atom stereocenters. The van der Waals surface area contributed by atoms with Gasteiger partial charge in [-0.2, -0.15) is 0 Å². The molecule has 0 saturated carbocycles. The maximum atomic E-state index is 11.5. The van der Waals surface area contributed by atoms with E-state index in [0.717, 1.165) is 49.7 Å². The molecule has 0 saturated heterocycles. The number of nitrogens with two attached hydrogens (primary N) is 3. The van der Waals surface area contributed by atoms with Crippen molar-refractivity contribution in [2.24, 2.45) is 17.2 Å². The number of nitrogens with one attached hydrogen (secondary N) is 2. The van der Waals surface area contributed by atoms with Gasteiger partial charge in [0, 0.05) is 88.1 Å². The zero-order valence-electron chi connectivity index (χ0n) is 23.0. The molecule has 0 aliphatic heterocycles. The van der Waals surface area contributed by atoms with Gasteiger partial charge in [-0.05, 0) is 48.0 Å². The Morgan fingerprint density at radius 1 is 0.658 bits per heavy atom. The van der Waals surface area contributed by atoms with Crippen LogP contribution < -0.4 is 17.2 Å². The van der Waals surface area contributed by atoms with Crippen LogP contribution in [0.15, 0.2) is 60.7 Å². The minimum absolute atomic E-state index is 0. The molecule has 9 heteroatoms. The van der Waals surface area contributed by atoms with Gasteiger partial charge in [0.25, 0.3) is 0 Å². The van der Waals surface area contributed by atoms with E-state index in [-0.39, 0.29) is 88.1 Å². The van der Waals surface area contributed by atoms with Gasteiger partial charge in [0.1, 0.15) is 0 Å². The molecule has 2 aromatic rings. The molecule has 2 rings (SSSR count). The van der Waals surface area contributed by atoms with Gasteiger partial charge in [0.05, 0.1) is 0 Å². The number of carbonyl (C=O) groups excluding carboxylic acids is 2. The summed E-state index contributed by atoms with van der Waals surface area (Å²) in [6.45, 7) is 2.70. The van der Waals surface area contributed by atoms with Crippen molar-refractivity contribution < 1.29 is 97.7 Å². The van der Waals surface area contributed by atoms with E-state index in [1.165, 1.54) is 0 Å². The van der Waals surface area contributed by atoms with Gasteiger partial charge >= 0.3 is 0 Å². The normalized spacial score (nSPS) is 13.4. The Hall–Kier alpha value is 0.143. The maximum Gasteiger partial charge on any atom is 0.202 e. The Labute approximate surface area is 301 Å². The Bertz CT molecular complexity index is 816. The average Bonchev–Trinajstić information content (AvgIpc) is 2.88. The van der Waals surface area contributed by atoms with Crippen LogP contribution in [0.4, 0.5) is 0 Å². The number of carbonyl (C=O) groups is 2. The van der Waals surface area contributed by atoms with Gasteiger partial charge in [0.2, 0.25) is 11.8 Å².